The number of anilines is 1. The van der Waals surface area contributed by atoms with Gasteiger partial charge in [-0.05, 0) is 111 Å². The second kappa shape index (κ2) is 14.8. The summed E-state index contributed by atoms with van der Waals surface area (Å²) < 4.78 is 28.9. The van der Waals surface area contributed by atoms with Gasteiger partial charge in [-0.3, -0.25) is 14.4 Å². The molecule has 3 heterocycles. The lowest BCUT2D eigenvalue weighted by Crippen LogP contribution is -2.52. The van der Waals surface area contributed by atoms with Crippen LogP contribution in [-0.4, -0.2) is 89.4 Å². The molecule has 1 saturated heterocycles. The molecule has 2 bridgehead atoms. The van der Waals surface area contributed by atoms with Gasteiger partial charge in [-0.15, -0.1) is 0 Å². The molecule has 2 aromatic rings. The van der Waals surface area contributed by atoms with E-state index in [-0.39, 0.29) is 23.2 Å². The molecule has 2 fully saturated rings. The van der Waals surface area contributed by atoms with Crippen LogP contribution in [0, 0.1) is 29.6 Å². The SMILES string of the molecule is C=S1(=O)NC(=O)c2ccc3c(c2)N(C[C@@H]2CC[C@H]2[C@@](O)(C#CCCN2CCOCC2)/C=C/C[C@H](C)[C@H]1C)C[C@@]1(CCCc2cc(Cl)ccc21)CO3. The van der Waals surface area contributed by atoms with Gasteiger partial charge in [0.05, 0.1) is 35.2 Å². The first-order valence-corrected chi connectivity index (χ1v) is 20.8. The quantitative estimate of drug-likeness (QED) is 0.235. The highest BCUT2D eigenvalue weighted by molar-refractivity contribution is 7.99. The Bertz CT molecular complexity index is 1830. The van der Waals surface area contributed by atoms with Crippen molar-refractivity contribution in [1.29, 1.82) is 0 Å². The maximum atomic E-state index is 13.9. The number of halogens is 1. The van der Waals surface area contributed by atoms with Crippen LogP contribution >= 0.6 is 11.6 Å². The molecule has 5 aliphatic rings. The van der Waals surface area contributed by atoms with Crippen molar-refractivity contribution in [3.05, 3.63) is 70.3 Å². The first-order valence-electron chi connectivity index (χ1n) is 18.7. The predicted molar refractivity (Wildman–Crippen MR) is 206 cm³/mol. The van der Waals surface area contributed by atoms with E-state index in [2.05, 4.69) is 44.4 Å². The van der Waals surface area contributed by atoms with Crippen LogP contribution in [0.4, 0.5) is 5.69 Å². The van der Waals surface area contributed by atoms with E-state index in [9.17, 15) is 14.1 Å². The van der Waals surface area contributed by atoms with E-state index in [1.807, 2.05) is 44.2 Å². The highest BCUT2D eigenvalue weighted by Crippen LogP contribution is 2.48. The number of carbonyl (C=O) groups excluding carboxylic acids is 1. The number of rotatable bonds is 2. The smallest absolute Gasteiger partial charge is 0.262 e. The zero-order valence-electron chi connectivity index (χ0n) is 30.0. The Morgan fingerprint density at radius 3 is 2.76 bits per heavy atom. The standard InChI is InChI=1S/C41H52ClN3O5S/c1-29-8-6-18-41(47,17-4-5-19-44-20-22-49-23-21-44)36-13-10-33(36)26-45-27-40(16-7-9-31-24-34(42)12-14-35(31)40)28-50-38-15-11-32(25-37(38)45)39(46)43-51(3,48)30(29)2/h6,11-12,14-15,18,24-25,29-30,33,36,47H,3,5,7-10,13,16,19-23,26-28H2,1-2H3,(H,43,46,48)/b18-6+/t29-,30+,33-,36+,40-,41+,51?/m0/s1. The van der Waals surface area contributed by atoms with Gasteiger partial charge in [0.2, 0.25) is 0 Å². The number of hydrogen-bond acceptors (Lipinski definition) is 7. The minimum absolute atomic E-state index is 0.0597. The monoisotopic (exact) mass is 733 g/mol. The third-order valence-electron chi connectivity index (χ3n) is 12.2. The summed E-state index contributed by atoms with van der Waals surface area (Å²) in [5.74, 6) is 11.1. The van der Waals surface area contributed by atoms with Crippen LogP contribution < -0.4 is 14.4 Å². The summed E-state index contributed by atoms with van der Waals surface area (Å²) in [6.07, 6.45) is 9.95. The number of morpholine rings is 1. The van der Waals surface area contributed by atoms with Crippen molar-refractivity contribution in [2.75, 3.05) is 57.4 Å². The molecule has 0 aromatic heterocycles. The molecule has 51 heavy (non-hydrogen) atoms. The summed E-state index contributed by atoms with van der Waals surface area (Å²) in [6.45, 7) is 9.93. The van der Waals surface area contributed by atoms with E-state index in [4.69, 9.17) is 21.1 Å². The van der Waals surface area contributed by atoms with Gasteiger partial charge >= 0.3 is 0 Å². The summed E-state index contributed by atoms with van der Waals surface area (Å²) in [4.78, 5) is 18.5. The molecule has 7 rings (SSSR count). The number of aliphatic hydroxyl groups is 1. The van der Waals surface area contributed by atoms with E-state index < -0.39 is 26.5 Å². The minimum atomic E-state index is -3.00. The highest BCUT2D eigenvalue weighted by atomic mass is 35.5. The minimum Gasteiger partial charge on any atom is -0.490 e. The molecule has 1 spiro atoms. The normalized spacial score (nSPS) is 34.7. The van der Waals surface area contributed by atoms with Gasteiger partial charge in [-0.2, -0.15) is 0 Å². The van der Waals surface area contributed by atoms with E-state index in [0.29, 0.717) is 38.1 Å². The zero-order chi connectivity index (χ0) is 35.8. The van der Waals surface area contributed by atoms with Crippen LogP contribution in [0.5, 0.6) is 5.75 Å². The molecule has 8 nitrogen and oxygen atoms in total. The van der Waals surface area contributed by atoms with Crippen molar-refractivity contribution in [1.82, 2.24) is 9.62 Å². The Morgan fingerprint density at radius 1 is 1.16 bits per heavy atom. The molecule has 10 heteroatoms. The summed E-state index contributed by atoms with van der Waals surface area (Å²) in [6, 6.07) is 11.8. The molecule has 1 unspecified atom stereocenters. The van der Waals surface area contributed by atoms with Crippen LogP contribution in [0.2, 0.25) is 5.02 Å². The Hall–Kier alpha value is -3.00. The summed E-state index contributed by atoms with van der Waals surface area (Å²) >= 11 is 6.47. The maximum Gasteiger partial charge on any atom is 0.262 e. The van der Waals surface area contributed by atoms with Crippen LogP contribution in [0.3, 0.4) is 0 Å². The van der Waals surface area contributed by atoms with Crippen LogP contribution in [0.15, 0.2) is 48.6 Å². The third kappa shape index (κ3) is 7.59. The second-order valence-corrected chi connectivity index (χ2v) is 18.4. The first kappa shape index (κ1) is 36.4. The van der Waals surface area contributed by atoms with Gasteiger partial charge in [0, 0.05) is 66.3 Å². The van der Waals surface area contributed by atoms with Crippen molar-refractivity contribution in [3.8, 4) is 17.6 Å². The van der Waals surface area contributed by atoms with Crippen molar-refractivity contribution in [2.45, 2.75) is 75.1 Å². The topological polar surface area (TPSA) is 91.3 Å². The average molecular weight is 734 g/mol. The highest BCUT2D eigenvalue weighted by Gasteiger charge is 2.47. The van der Waals surface area contributed by atoms with Gasteiger partial charge in [-0.25, -0.2) is 4.21 Å². The fourth-order valence-corrected chi connectivity index (χ4v) is 10.4. The van der Waals surface area contributed by atoms with Crippen LogP contribution in [0.1, 0.15) is 73.9 Å². The Balaban J connectivity index is 1.26. The number of hydrogen-bond donors (Lipinski definition) is 2. The lowest BCUT2D eigenvalue weighted by atomic mass is 9.64. The molecule has 3 aliphatic heterocycles. The molecule has 2 N–H and O–H groups in total. The van der Waals surface area contributed by atoms with Crippen molar-refractivity contribution in [2.24, 2.45) is 17.8 Å². The molecule has 2 aliphatic carbocycles. The van der Waals surface area contributed by atoms with E-state index in [1.54, 1.807) is 6.07 Å². The number of carbonyl (C=O) groups is 1. The number of allylic oxidation sites excluding steroid dienone is 1. The van der Waals surface area contributed by atoms with Crippen molar-refractivity contribution >= 4 is 38.8 Å². The summed E-state index contributed by atoms with van der Waals surface area (Å²) in [7, 11) is -3.00. The number of nitrogens with zero attached hydrogens (tertiary/aromatic N) is 2. The number of ether oxygens (including phenoxy) is 2. The van der Waals surface area contributed by atoms with Crippen LogP contribution in [-0.2, 0) is 26.3 Å². The van der Waals surface area contributed by atoms with E-state index in [1.165, 1.54) is 11.1 Å². The maximum absolute atomic E-state index is 13.9. The predicted octanol–water partition coefficient (Wildman–Crippen LogP) is 5.64. The van der Waals surface area contributed by atoms with Gasteiger partial charge in [0.1, 0.15) is 11.4 Å². The molecule has 0 radical (unpaired) electrons. The molecule has 7 atom stereocenters. The van der Waals surface area contributed by atoms with Gasteiger partial charge < -0.3 is 19.5 Å². The van der Waals surface area contributed by atoms with E-state index in [0.717, 1.165) is 81.4 Å². The number of nitrogens with one attached hydrogen (secondary N) is 1. The zero-order valence-corrected chi connectivity index (χ0v) is 31.6. The fraction of sp³-hybridized carbons (Fsp3) is 0.561. The van der Waals surface area contributed by atoms with Crippen LogP contribution in [0.25, 0.3) is 0 Å². The largest absolute Gasteiger partial charge is 0.490 e. The Kier molecular flexibility index (Phi) is 10.5. The molecular formula is C41H52ClN3O5S. The summed E-state index contributed by atoms with van der Waals surface area (Å²) in [5, 5.41) is 12.8. The fourth-order valence-electron chi connectivity index (χ4n) is 8.74. The molecule has 274 valence electrons. The molecule has 2 aromatic carbocycles. The Labute approximate surface area is 309 Å². The average Bonchev–Trinajstić information content (AvgIpc) is 3.24. The van der Waals surface area contributed by atoms with Gasteiger partial charge in [-0.1, -0.05) is 42.5 Å². The lowest BCUT2D eigenvalue weighted by molar-refractivity contribution is -0.00330. The number of aryl methyl sites for hydroxylation is 1. The van der Waals surface area contributed by atoms with Gasteiger partial charge in [0.15, 0.2) is 0 Å². The van der Waals surface area contributed by atoms with Gasteiger partial charge in [0.25, 0.3) is 5.91 Å². The van der Waals surface area contributed by atoms with E-state index >= 15 is 0 Å². The third-order valence-corrected chi connectivity index (χ3v) is 14.7. The molecule has 1 saturated carbocycles. The Morgan fingerprint density at radius 2 is 1.98 bits per heavy atom. The number of amides is 1. The first-order chi connectivity index (χ1) is 24.5. The second-order valence-electron chi connectivity index (χ2n) is 15.5. The molecule has 1 amide bonds. The number of benzene rings is 2. The lowest BCUT2D eigenvalue weighted by Gasteiger charge is -2.47. The number of fused-ring (bicyclic) bond motifs is 4. The van der Waals surface area contributed by atoms with Crippen molar-refractivity contribution in [3.63, 3.8) is 0 Å². The molecular weight excluding hydrogens is 682 g/mol. The summed E-state index contributed by atoms with van der Waals surface area (Å²) in [5.41, 5.74) is 2.22. The van der Waals surface area contributed by atoms with Crippen molar-refractivity contribution < 1.29 is 23.6 Å².